The lowest BCUT2D eigenvalue weighted by molar-refractivity contribution is -0.287. The van der Waals surface area contributed by atoms with E-state index in [1.807, 2.05) is 0 Å². The largest absolute Gasteiger partial charge is 0.392 e. The van der Waals surface area contributed by atoms with Gasteiger partial charge in [0, 0.05) is 0 Å². The predicted molar refractivity (Wildman–Crippen MR) is 56.8 cm³/mol. The number of aromatic nitrogens is 2. The Morgan fingerprint density at radius 2 is 2.33 bits per heavy atom. The summed E-state index contributed by atoms with van der Waals surface area (Å²) in [5.74, 6) is 1.00. The molecule has 0 saturated carbocycles. The van der Waals surface area contributed by atoms with E-state index in [0.29, 0.717) is 17.3 Å². The molecule has 1 aromatic heterocycles. The molecule has 0 fully saturated rings. The highest BCUT2D eigenvalue weighted by molar-refractivity contribution is 5.82. The summed E-state index contributed by atoms with van der Waals surface area (Å²) >= 11 is 0. The van der Waals surface area contributed by atoms with Crippen LogP contribution in [0.3, 0.4) is 0 Å². The van der Waals surface area contributed by atoms with Crippen molar-refractivity contribution in [3.8, 4) is 0 Å². The minimum absolute atomic E-state index is 0.000251. The van der Waals surface area contributed by atoms with Gasteiger partial charge < -0.3 is 10.8 Å². The van der Waals surface area contributed by atoms with Crippen LogP contribution in [0.4, 0.5) is 17.3 Å². The lowest BCUT2D eigenvalue weighted by Crippen LogP contribution is -2.01. The third kappa shape index (κ3) is 1.75. The van der Waals surface area contributed by atoms with Crippen molar-refractivity contribution in [1.29, 1.82) is 0 Å². The highest BCUT2D eigenvalue weighted by Gasteiger charge is 2.24. The van der Waals surface area contributed by atoms with Gasteiger partial charge in [0.1, 0.15) is 0 Å². The zero-order valence-corrected chi connectivity index (χ0v) is 7.91. The van der Waals surface area contributed by atoms with Crippen molar-refractivity contribution >= 4 is 29.9 Å². The Kier molecular flexibility index (Phi) is 2.51. The monoisotopic (exact) mass is 204 g/mol. The highest BCUT2D eigenvalue weighted by atomic mass is 16.2. The summed E-state index contributed by atoms with van der Waals surface area (Å²) in [6, 6.07) is 0. The Bertz CT molecular complexity index is 464. The van der Waals surface area contributed by atoms with Crippen LogP contribution in [0, 0.1) is 0 Å². The number of aliphatic imine (C=N–C) groups is 1. The van der Waals surface area contributed by atoms with Crippen LogP contribution in [-0.2, 0) is 0 Å². The molecular weight excluding hydrogens is 194 g/mol. The molecule has 0 bridgehead atoms. The van der Waals surface area contributed by atoms with Crippen molar-refractivity contribution in [3.63, 3.8) is 0 Å². The molecule has 0 unspecified atom stereocenters. The maximum atomic E-state index is 8.57. The molecule has 76 valence electrons. The van der Waals surface area contributed by atoms with Crippen LogP contribution in [-0.4, -0.2) is 38.8 Å². The first-order valence-corrected chi connectivity index (χ1v) is 4.37. The highest BCUT2D eigenvalue weighted by Crippen LogP contribution is 2.32. The second kappa shape index (κ2) is 3.97. The smallest absolute Gasteiger partial charge is 0.315 e. The van der Waals surface area contributed by atoms with Gasteiger partial charge in [-0.25, -0.2) is 4.58 Å². The van der Waals surface area contributed by atoms with Crippen molar-refractivity contribution in [2.75, 3.05) is 12.3 Å². The van der Waals surface area contributed by atoms with E-state index in [1.165, 1.54) is 6.33 Å². The fourth-order valence-corrected chi connectivity index (χ4v) is 1.19. The first-order valence-electron chi connectivity index (χ1n) is 4.37. The van der Waals surface area contributed by atoms with Gasteiger partial charge in [-0.15, -0.1) is 0 Å². The van der Waals surface area contributed by atoms with Crippen molar-refractivity contribution in [1.82, 2.24) is 9.97 Å². The van der Waals surface area contributed by atoms with E-state index in [9.17, 15) is 0 Å². The zero-order valence-electron chi connectivity index (χ0n) is 7.91. The zero-order chi connectivity index (χ0) is 10.7. The quantitative estimate of drug-likeness (QED) is 0.663. The van der Waals surface area contributed by atoms with E-state index in [1.54, 1.807) is 29.3 Å². The van der Waals surface area contributed by atoms with Crippen LogP contribution in [0.15, 0.2) is 23.5 Å². The van der Waals surface area contributed by atoms with E-state index in [0.717, 1.165) is 0 Å². The molecule has 3 N–H and O–H groups in total. The van der Waals surface area contributed by atoms with E-state index >= 15 is 0 Å². The van der Waals surface area contributed by atoms with Gasteiger partial charge >= 0.3 is 5.82 Å². The van der Waals surface area contributed by atoms with Crippen LogP contribution >= 0.6 is 0 Å². The average molecular weight is 204 g/mol. The van der Waals surface area contributed by atoms with Gasteiger partial charge in [-0.1, -0.05) is 16.1 Å². The molecule has 0 atom stereocenters. The molecule has 6 heteroatoms. The Labute approximate surface area is 86.1 Å². The summed E-state index contributed by atoms with van der Waals surface area (Å²) in [4.78, 5) is 12.0. The molecule has 15 heavy (non-hydrogen) atoms. The second-order valence-corrected chi connectivity index (χ2v) is 2.84. The van der Waals surface area contributed by atoms with Gasteiger partial charge in [0.2, 0.25) is 6.34 Å². The SMILES string of the molecule is Nc1ncnc2c1N=C[N+]2=CC=CCO. The summed E-state index contributed by atoms with van der Waals surface area (Å²) in [7, 11) is 0. The van der Waals surface area contributed by atoms with Crippen molar-refractivity contribution in [2.24, 2.45) is 4.99 Å². The molecule has 0 saturated heterocycles. The molecule has 0 aromatic carbocycles. The number of nitrogen functional groups attached to an aromatic ring is 1. The second-order valence-electron chi connectivity index (χ2n) is 2.84. The molecule has 0 amide bonds. The van der Waals surface area contributed by atoms with Crippen LogP contribution < -0.4 is 5.73 Å². The summed E-state index contributed by atoms with van der Waals surface area (Å²) in [6.45, 7) is 0.000251. The number of hydrogen-bond donors (Lipinski definition) is 2. The summed E-state index contributed by atoms with van der Waals surface area (Å²) in [5, 5.41) is 8.57. The van der Waals surface area contributed by atoms with Crippen LogP contribution in [0.2, 0.25) is 0 Å². The van der Waals surface area contributed by atoms with Crippen LogP contribution in [0.25, 0.3) is 0 Å². The standard InChI is InChI=1S/C9H10N5O/c10-8-7-9(12-5-11-8)14(6-13-7)3-1-2-4-15/h1-3,5-6,15H,4H2,(H2,10,11,12)/q+1. The third-order valence-electron chi connectivity index (χ3n) is 1.88. The third-order valence-corrected chi connectivity index (χ3v) is 1.88. The van der Waals surface area contributed by atoms with Crippen molar-refractivity contribution in [3.05, 3.63) is 18.5 Å². The number of fused-ring (bicyclic) bond motifs is 1. The summed E-state index contributed by atoms with van der Waals surface area (Å²) < 4.78 is 1.71. The number of nitrogens with two attached hydrogens (primary N) is 1. The molecule has 1 aliphatic rings. The topological polar surface area (TPSA) is 87.4 Å². The molecule has 2 rings (SSSR count). The van der Waals surface area contributed by atoms with E-state index in [2.05, 4.69) is 15.0 Å². The maximum Gasteiger partial charge on any atom is 0.315 e. The molecule has 1 aliphatic heterocycles. The van der Waals surface area contributed by atoms with E-state index in [4.69, 9.17) is 10.8 Å². The maximum absolute atomic E-state index is 8.57. The number of aliphatic hydroxyl groups is 1. The number of rotatable bonds is 2. The number of hydrogen-bond acceptors (Lipinski definition) is 5. The Morgan fingerprint density at radius 1 is 1.47 bits per heavy atom. The van der Waals surface area contributed by atoms with Crippen LogP contribution in [0.1, 0.15) is 0 Å². The fourth-order valence-electron chi connectivity index (χ4n) is 1.19. The van der Waals surface area contributed by atoms with Gasteiger partial charge in [-0.2, -0.15) is 4.98 Å². The first-order chi connectivity index (χ1) is 7.33. The average Bonchev–Trinajstić information content (AvgIpc) is 2.64. The van der Waals surface area contributed by atoms with Crippen molar-refractivity contribution < 1.29 is 9.68 Å². The minimum Gasteiger partial charge on any atom is -0.392 e. The summed E-state index contributed by atoms with van der Waals surface area (Å²) in [6.07, 6.45) is 8.03. The van der Waals surface area contributed by atoms with Crippen molar-refractivity contribution in [2.45, 2.75) is 0 Å². The van der Waals surface area contributed by atoms with Gasteiger partial charge in [0.15, 0.2) is 12.1 Å². The molecule has 0 aliphatic carbocycles. The van der Waals surface area contributed by atoms with Gasteiger partial charge in [-0.3, -0.25) is 0 Å². The number of allylic oxidation sites excluding steroid dienone is 1. The number of nitrogens with zero attached hydrogens (tertiary/aromatic N) is 4. The Balaban J connectivity index is 2.37. The lowest BCUT2D eigenvalue weighted by Gasteiger charge is -1.92. The minimum atomic E-state index is 0.000251. The first kappa shape index (κ1) is 9.47. The predicted octanol–water partition coefficient (Wildman–Crippen LogP) is -0.00450. The van der Waals surface area contributed by atoms with Gasteiger partial charge in [0.25, 0.3) is 5.69 Å². The lowest BCUT2D eigenvalue weighted by atomic mass is 10.4. The Morgan fingerprint density at radius 3 is 3.13 bits per heavy atom. The molecular formula is C9H10N5O+. The number of anilines is 1. The van der Waals surface area contributed by atoms with E-state index in [-0.39, 0.29) is 6.61 Å². The fraction of sp³-hybridized carbons (Fsp3) is 0.111. The van der Waals surface area contributed by atoms with Crippen LogP contribution in [0.5, 0.6) is 0 Å². The van der Waals surface area contributed by atoms with E-state index < -0.39 is 0 Å². The molecule has 1 aromatic rings. The number of aliphatic hydroxyl groups excluding tert-OH is 1. The molecule has 6 nitrogen and oxygen atoms in total. The molecule has 0 radical (unpaired) electrons. The summed E-state index contributed by atoms with van der Waals surface area (Å²) in [5.41, 5.74) is 6.20. The molecule has 2 heterocycles. The normalized spacial score (nSPS) is 16.5. The molecule has 0 spiro atoms. The van der Waals surface area contributed by atoms with Gasteiger partial charge in [-0.05, 0) is 6.08 Å². The Hall–Kier alpha value is -2.08. The van der Waals surface area contributed by atoms with Gasteiger partial charge in [0.05, 0.1) is 12.8 Å².